The molecule has 5 heteroatoms. The zero-order valence-corrected chi connectivity index (χ0v) is 9.43. The summed E-state index contributed by atoms with van der Waals surface area (Å²) in [6.45, 7) is 4.35. The van der Waals surface area contributed by atoms with Gasteiger partial charge in [0.25, 0.3) is 5.91 Å². The Labute approximate surface area is 94.1 Å². The van der Waals surface area contributed by atoms with E-state index in [-0.39, 0.29) is 12.5 Å². The van der Waals surface area contributed by atoms with Crippen LogP contribution in [0.4, 0.5) is 0 Å². The van der Waals surface area contributed by atoms with E-state index in [1.807, 2.05) is 13.1 Å². The molecule has 5 nitrogen and oxygen atoms in total. The fraction of sp³-hybridized carbons (Fsp3) is 0.455. The fourth-order valence-corrected chi connectivity index (χ4v) is 1.32. The molecule has 0 radical (unpaired) electrons. The number of carbonyl (C=O) groups excluding carboxylic acids is 1. The predicted molar refractivity (Wildman–Crippen MR) is 59.2 cm³/mol. The van der Waals surface area contributed by atoms with Crippen LogP contribution in [0.5, 0.6) is 0 Å². The minimum Gasteiger partial charge on any atom is -0.481 e. The van der Waals surface area contributed by atoms with Crippen molar-refractivity contribution in [1.82, 2.24) is 9.88 Å². The lowest BCUT2D eigenvalue weighted by molar-refractivity contribution is -0.140. The van der Waals surface area contributed by atoms with Crippen LogP contribution in [0.3, 0.4) is 0 Å². The molecule has 0 saturated heterocycles. The molecule has 1 aromatic rings. The molecule has 0 aromatic carbocycles. The van der Waals surface area contributed by atoms with Crippen LogP contribution in [0.1, 0.15) is 24.3 Å². The highest BCUT2D eigenvalue weighted by Crippen LogP contribution is 2.02. The number of nitrogens with zero attached hydrogens (tertiary/aromatic N) is 1. The number of aromatic nitrogens is 1. The van der Waals surface area contributed by atoms with Crippen molar-refractivity contribution in [2.24, 2.45) is 5.92 Å². The topological polar surface area (TPSA) is 71.3 Å². The first-order valence-electron chi connectivity index (χ1n) is 5.22. The summed E-state index contributed by atoms with van der Waals surface area (Å²) in [5.41, 5.74) is 0.556. The molecule has 88 valence electrons. The Kier molecular flexibility index (Phi) is 4.10. The van der Waals surface area contributed by atoms with Crippen LogP contribution in [0.15, 0.2) is 18.3 Å². The molecule has 0 saturated carbocycles. The number of amides is 1. The molecule has 0 spiro atoms. The van der Waals surface area contributed by atoms with Crippen LogP contribution < -0.4 is 5.32 Å². The number of aryl methyl sites for hydroxylation is 1. The van der Waals surface area contributed by atoms with E-state index in [0.29, 0.717) is 12.2 Å². The molecule has 1 rings (SSSR count). The van der Waals surface area contributed by atoms with Gasteiger partial charge in [-0.2, -0.15) is 0 Å². The predicted octanol–water partition coefficient (Wildman–Crippen LogP) is 0.958. The van der Waals surface area contributed by atoms with Crippen molar-refractivity contribution in [2.45, 2.75) is 20.4 Å². The van der Waals surface area contributed by atoms with E-state index in [1.165, 1.54) is 0 Å². The first-order chi connectivity index (χ1) is 7.56. The van der Waals surface area contributed by atoms with Crippen molar-refractivity contribution in [3.8, 4) is 0 Å². The third-order valence-electron chi connectivity index (χ3n) is 2.39. The van der Waals surface area contributed by atoms with Gasteiger partial charge >= 0.3 is 5.97 Å². The van der Waals surface area contributed by atoms with Crippen LogP contribution in [-0.4, -0.2) is 28.1 Å². The smallest absolute Gasteiger partial charge is 0.308 e. The Morgan fingerprint density at radius 3 is 2.81 bits per heavy atom. The van der Waals surface area contributed by atoms with E-state index < -0.39 is 11.9 Å². The van der Waals surface area contributed by atoms with E-state index in [4.69, 9.17) is 5.11 Å². The number of aliphatic carboxylic acids is 1. The molecule has 1 unspecified atom stereocenters. The van der Waals surface area contributed by atoms with Gasteiger partial charge in [0.2, 0.25) is 0 Å². The number of carboxylic acids is 1. The maximum atomic E-state index is 11.7. The molecule has 1 amide bonds. The Hall–Kier alpha value is -1.78. The average molecular weight is 224 g/mol. The molecule has 0 aliphatic rings. The van der Waals surface area contributed by atoms with E-state index in [2.05, 4.69) is 5.32 Å². The summed E-state index contributed by atoms with van der Waals surface area (Å²) in [5.74, 6) is -1.72. The summed E-state index contributed by atoms with van der Waals surface area (Å²) in [6, 6.07) is 3.50. The molecular weight excluding hydrogens is 208 g/mol. The lowest BCUT2D eigenvalue weighted by Gasteiger charge is -2.09. The quantitative estimate of drug-likeness (QED) is 0.782. The van der Waals surface area contributed by atoms with E-state index in [9.17, 15) is 9.59 Å². The molecule has 0 fully saturated rings. The maximum Gasteiger partial charge on any atom is 0.308 e. The highest BCUT2D eigenvalue weighted by molar-refractivity contribution is 5.92. The lowest BCUT2D eigenvalue weighted by Crippen LogP contribution is -2.32. The highest BCUT2D eigenvalue weighted by atomic mass is 16.4. The zero-order valence-electron chi connectivity index (χ0n) is 9.43. The van der Waals surface area contributed by atoms with Crippen LogP contribution in [-0.2, 0) is 11.3 Å². The van der Waals surface area contributed by atoms with Gasteiger partial charge < -0.3 is 15.0 Å². The van der Waals surface area contributed by atoms with Crippen molar-refractivity contribution in [3.05, 3.63) is 24.0 Å². The number of hydrogen-bond donors (Lipinski definition) is 2. The molecule has 0 bridgehead atoms. The monoisotopic (exact) mass is 224 g/mol. The molecular formula is C11H16N2O3. The van der Waals surface area contributed by atoms with Crippen LogP contribution >= 0.6 is 0 Å². The third kappa shape index (κ3) is 2.85. The van der Waals surface area contributed by atoms with E-state index in [1.54, 1.807) is 23.6 Å². The fourth-order valence-electron chi connectivity index (χ4n) is 1.32. The summed E-state index contributed by atoms with van der Waals surface area (Å²) in [5, 5.41) is 11.3. The second-order valence-electron chi connectivity index (χ2n) is 3.63. The van der Waals surface area contributed by atoms with Gasteiger partial charge in [0.15, 0.2) is 0 Å². The maximum absolute atomic E-state index is 11.7. The molecule has 1 atom stereocenters. The summed E-state index contributed by atoms with van der Waals surface area (Å²) in [7, 11) is 0. The normalized spacial score (nSPS) is 12.1. The Morgan fingerprint density at radius 1 is 1.56 bits per heavy atom. The van der Waals surface area contributed by atoms with Gasteiger partial charge in [0, 0.05) is 19.3 Å². The Morgan fingerprint density at radius 2 is 2.25 bits per heavy atom. The van der Waals surface area contributed by atoms with Crippen LogP contribution in [0.2, 0.25) is 0 Å². The van der Waals surface area contributed by atoms with Gasteiger partial charge in [0.1, 0.15) is 5.69 Å². The van der Waals surface area contributed by atoms with E-state index in [0.717, 1.165) is 0 Å². The summed E-state index contributed by atoms with van der Waals surface area (Å²) in [6.07, 6.45) is 1.82. The molecule has 16 heavy (non-hydrogen) atoms. The number of carbonyl (C=O) groups is 2. The number of rotatable bonds is 5. The molecule has 0 aliphatic carbocycles. The minimum atomic E-state index is -0.911. The summed E-state index contributed by atoms with van der Waals surface area (Å²) in [4.78, 5) is 22.3. The Bertz CT molecular complexity index is 384. The number of carboxylic acid groups (broad SMARTS) is 1. The van der Waals surface area contributed by atoms with Crippen molar-refractivity contribution in [3.63, 3.8) is 0 Å². The summed E-state index contributed by atoms with van der Waals surface area (Å²) >= 11 is 0. The first kappa shape index (κ1) is 12.3. The SMILES string of the molecule is CCn1cccc1C(=O)NCC(C)C(=O)O. The second kappa shape index (κ2) is 5.34. The van der Waals surface area contributed by atoms with Crippen molar-refractivity contribution >= 4 is 11.9 Å². The van der Waals surface area contributed by atoms with E-state index >= 15 is 0 Å². The van der Waals surface area contributed by atoms with Crippen molar-refractivity contribution < 1.29 is 14.7 Å². The van der Waals surface area contributed by atoms with Gasteiger partial charge in [0.05, 0.1) is 5.92 Å². The minimum absolute atomic E-state index is 0.142. The van der Waals surface area contributed by atoms with Crippen LogP contribution in [0, 0.1) is 5.92 Å². The number of nitrogens with one attached hydrogen (secondary N) is 1. The first-order valence-corrected chi connectivity index (χ1v) is 5.22. The van der Waals surface area contributed by atoms with Gasteiger partial charge in [-0.3, -0.25) is 9.59 Å². The Balaban J connectivity index is 2.56. The lowest BCUT2D eigenvalue weighted by atomic mass is 10.2. The van der Waals surface area contributed by atoms with Crippen molar-refractivity contribution in [2.75, 3.05) is 6.54 Å². The third-order valence-corrected chi connectivity index (χ3v) is 2.39. The van der Waals surface area contributed by atoms with Crippen molar-refractivity contribution in [1.29, 1.82) is 0 Å². The van der Waals surface area contributed by atoms with Gasteiger partial charge in [-0.1, -0.05) is 6.92 Å². The summed E-state index contributed by atoms with van der Waals surface area (Å²) < 4.78 is 1.81. The molecule has 1 heterocycles. The second-order valence-corrected chi connectivity index (χ2v) is 3.63. The largest absolute Gasteiger partial charge is 0.481 e. The molecule has 0 aliphatic heterocycles. The van der Waals surface area contributed by atoms with Gasteiger partial charge in [-0.25, -0.2) is 0 Å². The van der Waals surface area contributed by atoms with Gasteiger partial charge in [-0.05, 0) is 19.1 Å². The zero-order chi connectivity index (χ0) is 12.1. The average Bonchev–Trinajstić information content (AvgIpc) is 2.73. The van der Waals surface area contributed by atoms with Crippen LogP contribution in [0.25, 0.3) is 0 Å². The highest BCUT2D eigenvalue weighted by Gasteiger charge is 2.14. The molecule has 2 N–H and O–H groups in total. The van der Waals surface area contributed by atoms with Gasteiger partial charge in [-0.15, -0.1) is 0 Å². The number of hydrogen-bond acceptors (Lipinski definition) is 2. The molecule has 1 aromatic heterocycles. The standard InChI is InChI=1S/C11H16N2O3/c1-3-13-6-4-5-9(13)10(14)12-7-8(2)11(15)16/h4-6,8H,3,7H2,1-2H3,(H,12,14)(H,15,16).